The van der Waals surface area contributed by atoms with E-state index in [1.54, 1.807) is 6.20 Å². The van der Waals surface area contributed by atoms with E-state index in [9.17, 15) is 4.79 Å². The molecule has 0 fully saturated rings. The molecule has 0 saturated heterocycles. The summed E-state index contributed by atoms with van der Waals surface area (Å²) in [6, 6.07) is 0. The van der Waals surface area contributed by atoms with E-state index < -0.39 is 5.60 Å². The van der Waals surface area contributed by atoms with Gasteiger partial charge >= 0.3 is 5.97 Å². The van der Waals surface area contributed by atoms with Gasteiger partial charge in [-0.15, -0.1) is 11.3 Å². The zero-order valence-corrected chi connectivity index (χ0v) is 10.6. The maximum Gasteiger partial charge on any atom is 0.306 e. The number of hydrogen-bond donors (Lipinski definition) is 0. The summed E-state index contributed by atoms with van der Waals surface area (Å²) in [5, 5.41) is 0. The molecule has 1 aromatic rings. The predicted octanol–water partition coefficient (Wildman–Crippen LogP) is 3.07. The number of thiazole rings is 1. The van der Waals surface area contributed by atoms with Gasteiger partial charge in [0, 0.05) is 11.1 Å². The number of aromatic nitrogens is 1. The average molecular weight is 248 g/mol. The lowest BCUT2D eigenvalue weighted by atomic mass is 10.2. The summed E-state index contributed by atoms with van der Waals surface area (Å²) in [4.78, 5) is 16.3. The molecule has 0 bridgehead atoms. The molecule has 3 nitrogen and oxygen atoms in total. The summed E-state index contributed by atoms with van der Waals surface area (Å²) in [7, 11) is 0. The van der Waals surface area contributed by atoms with Crippen LogP contribution in [0.15, 0.2) is 6.20 Å². The Morgan fingerprint density at radius 1 is 1.60 bits per heavy atom. The highest BCUT2D eigenvalue weighted by Crippen LogP contribution is 2.19. The van der Waals surface area contributed by atoms with Crippen LogP contribution in [-0.2, 0) is 16.0 Å². The number of rotatable bonds is 3. The summed E-state index contributed by atoms with van der Waals surface area (Å²) in [6.07, 6.45) is 2.70. The lowest BCUT2D eigenvalue weighted by Crippen LogP contribution is -2.23. The molecule has 0 N–H and O–H groups in total. The number of aryl methyl sites for hydroxylation is 1. The fourth-order valence-electron chi connectivity index (χ4n) is 1.02. The Morgan fingerprint density at radius 2 is 2.27 bits per heavy atom. The molecule has 0 amide bonds. The van der Waals surface area contributed by atoms with E-state index in [0.29, 0.717) is 17.3 Å². The Labute approximate surface area is 98.4 Å². The van der Waals surface area contributed by atoms with Crippen molar-refractivity contribution in [1.29, 1.82) is 0 Å². The largest absolute Gasteiger partial charge is 0.460 e. The summed E-state index contributed by atoms with van der Waals surface area (Å²) in [5.41, 5.74) is -0.414. The van der Waals surface area contributed by atoms with Crippen LogP contribution in [0, 0.1) is 0 Å². The van der Waals surface area contributed by atoms with Gasteiger partial charge in [-0.25, -0.2) is 4.98 Å². The summed E-state index contributed by atoms with van der Waals surface area (Å²) in [6.45, 7) is 5.57. The van der Waals surface area contributed by atoms with Gasteiger partial charge in [-0.3, -0.25) is 4.79 Å². The molecule has 0 radical (unpaired) electrons. The van der Waals surface area contributed by atoms with E-state index in [-0.39, 0.29) is 5.97 Å². The van der Waals surface area contributed by atoms with Crippen LogP contribution in [0.5, 0.6) is 0 Å². The van der Waals surface area contributed by atoms with Gasteiger partial charge in [0.05, 0.1) is 6.42 Å². The molecule has 0 atom stereocenters. The quantitative estimate of drug-likeness (QED) is 0.771. The first kappa shape index (κ1) is 12.5. The van der Waals surface area contributed by atoms with Crippen molar-refractivity contribution >= 4 is 28.9 Å². The molecule has 0 aliphatic rings. The molecule has 0 aliphatic heterocycles. The third kappa shape index (κ3) is 5.14. The number of esters is 1. The van der Waals surface area contributed by atoms with E-state index in [0.717, 1.165) is 4.88 Å². The minimum atomic E-state index is -0.414. The van der Waals surface area contributed by atoms with Crippen LogP contribution in [0.3, 0.4) is 0 Å². The van der Waals surface area contributed by atoms with Crippen LogP contribution in [0.1, 0.15) is 32.1 Å². The van der Waals surface area contributed by atoms with Crippen molar-refractivity contribution in [3.05, 3.63) is 15.5 Å². The molecule has 0 spiro atoms. The zero-order chi connectivity index (χ0) is 11.5. The minimum absolute atomic E-state index is 0.188. The topological polar surface area (TPSA) is 39.2 Å². The Morgan fingerprint density at radius 3 is 2.73 bits per heavy atom. The first-order valence-electron chi connectivity index (χ1n) is 4.69. The van der Waals surface area contributed by atoms with Crippen molar-refractivity contribution in [2.45, 2.75) is 39.2 Å². The maximum absolute atomic E-state index is 11.4. The predicted molar refractivity (Wildman–Crippen MR) is 61.3 cm³/mol. The molecule has 1 heterocycles. The smallest absolute Gasteiger partial charge is 0.306 e. The molecule has 0 unspecified atom stereocenters. The van der Waals surface area contributed by atoms with Crippen molar-refractivity contribution in [2.75, 3.05) is 0 Å². The Kier molecular flexibility index (Phi) is 4.11. The molecule has 1 rings (SSSR count). The number of nitrogens with zero attached hydrogens (tertiary/aromatic N) is 1. The van der Waals surface area contributed by atoms with Crippen molar-refractivity contribution in [3.63, 3.8) is 0 Å². The third-order valence-corrected chi connectivity index (χ3v) is 2.70. The standard InChI is InChI=1S/C10H14ClNO2S/c1-10(2,3)14-8(13)5-4-7-6-12-9(11)15-7/h6H,4-5H2,1-3H3. The number of carbonyl (C=O) groups excluding carboxylic acids is 1. The average Bonchev–Trinajstić information content (AvgIpc) is 2.45. The van der Waals surface area contributed by atoms with Crippen molar-refractivity contribution in [3.8, 4) is 0 Å². The van der Waals surface area contributed by atoms with Gasteiger partial charge in [0.1, 0.15) is 5.60 Å². The van der Waals surface area contributed by atoms with Gasteiger partial charge < -0.3 is 4.74 Å². The highest BCUT2D eigenvalue weighted by molar-refractivity contribution is 7.15. The van der Waals surface area contributed by atoms with Crippen LogP contribution in [-0.4, -0.2) is 16.6 Å². The second kappa shape index (κ2) is 4.94. The van der Waals surface area contributed by atoms with Gasteiger partial charge in [0.2, 0.25) is 0 Å². The van der Waals surface area contributed by atoms with E-state index in [1.807, 2.05) is 20.8 Å². The van der Waals surface area contributed by atoms with Crippen LogP contribution in [0.2, 0.25) is 4.47 Å². The lowest BCUT2D eigenvalue weighted by Gasteiger charge is -2.19. The minimum Gasteiger partial charge on any atom is -0.460 e. The molecular weight excluding hydrogens is 234 g/mol. The fourth-order valence-corrected chi connectivity index (χ4v) is 1.99. The normalized spacial score (nSPS) is 11.5. The van der Waals surface area contributed by atoms with Crippen LogP contribution < -0.4 is 0 Å². The van der Waals surface area contributed by atoms with Gasteiger partial charge in [-0.05, 0) is 27.2 Å². The SMILES string of the molecule is CC(C)(C)OC(=O)CCc1cnc(Cl)s1. The molecular formula is C10H14ClNO2S. The monoisotopic (exact) mass is 247 g/mol. The first-order valence-corrected chi connectivity index (χ1v) is 5.88. The molecule has 1 aromatic heterocycles. The maximum atomic E-state index is 11.4. The van der Waals surface area contributed by atoms with E-state index in [4.69, 9.17) is 16.3 Å². The molecule has 0 aromatic carbocycles. The highest BCUT2D eigenvalue weighted by Gasteiger charge is 2.16. The highest BCUT2D eigenvalue weighted by atomic mass is 35.5. The Balaban J connectivity index is 2.35. The van der Waals surface area contributed by atoms with Crippen molar-refractivity contribution < 1.29 is 9.53 Å². The third-order valence-electron chi connectivity index (χ3n) is 1.52. The van der Waals surface area contributed by atoms with Crippen molar-refractivity contribution in [1.82, 2.24) is 4.98 Å². The van der Waals surface area contributed by atoms with Crippen molar-refractivity contribution in [2.24, 2.45) is 0 Å². The zero-order valence-electron chi connectivity index (χ0n) is 9.04. The van der Waals surface area contributed by atoms with E-state index in [1.165, 1.54) is 11.3 Å². The lowest BCUT2D eigenvalue weighted by molar-refractivity contribution is -0.154. The van der Waals surface area contributed by atoms with Crippen LogP contribution in [0.4, 0.5) is 0 Å². The van der Waals surface area contributed by atoms with Crippen LogP contribution >= 0.6 is 22.9 Å². The van der Waals surface area contributed by atoms with E-state index >= 15 is 0 Å². The second-order valence-corrected chi connectivity index (χ2v) is 5.86. The summed E-state index contributed by atoms with van der Waals surface area (Å²) >= 11 is 7.07. The second-order valence-electron chi connectivity index (χ2n) is 4.17. The summed E-state index contributed by atoms with van der Waals surface area (Å²) < 4.78 is 5.69. The first-order chi connectivity index (χ1) is 6.87. The van der Waals surface area contributed by atoms with Gasteiger partial charge in [-0.1, -0.05) is 11.6 Å². The molecule has 84 valence electrons. The fraction of sp³-hybridized carbons (Fsp3) is 0.600. The number of ether oxygens (including phenoxy) is 1. The molecule has 0 saturated carbocycles. The van der Waals surface area contributed by atoms with E-state index in [2.05, 4.69) is 4.98 Å². The number of hydrogen-bond acceptors (Lipinski definition) is 4. The van der Waals surface area contributed by atoms with Crippen LogP contribution in [0.25, 0.3) is 0 Å². The van der Waals surface area contributed by atoms with Gasteiger partial charge in [-0.2, -0.15) is 0 Å². The molecule has 0 aliphatic carbocycles. The Bertz CT molecular complexity index is 343. The van der Waals surface area contributed by atoms with Gasteiger partial charge in [0.15, 0.2) is 4.47 Å². The molecule has 5 heteroatoms. The number of halogens is 1. The number of carbonyl (C=O) groups is 1. The summed E-state index contributed by atoms with van der Waals surface area (Å²) in [5.74, 6) is -0.188. The molecule has 15 heavy (non-hydrogen) atoms. The van der Waals surface area contributed by atoms with Gasteiger partial charge in [0.25, 0.3) is 0 Å². The Hall–Kier alpha value is -0.610.